The first-order chi connectivity index (χ1) is 9.29. The van der Waals surface area contributed by atoms with E-state index in [4.69, 9.17) is 0 Å². The first-order valence-corrected chi connectivity index (χ1v) is 6.04. The van der Waals surface area contributed by atoms with Gasteiger partial charge in [-0.2, -0.15) is 0 Å². The number of hydrogen-bond donors (Lipinski definition) is 2. The first-order valence-electron chi connectivity index (χ1n) is 6.04. The Morgan fingerprint density at radius 3 is 2.79 bits per heavy atom. The molecule has 1 amide bonds. The van der Waals surface area contributed by atoms with Gasteiger partial charge in [-0.15, -0.1) is 10.2 Å². The van der Waals surface area contributed by atoms with E-state index in [1.807, 2.05) is 19.1 Å². The smallest absolute Gasteiger partial charge is 0.271 e. The summed E-state index contributed by atoms with van der Waals surface area (Å²) in [7, 11) is 0. The number of aromatic nitrogens is 3. The number of nitrogens with one attached hydrogen (secondary N) is 2. The van der Waals surface area contributed by atoms with Crippen molar-refractivity contribution in [3.63, 3.8) is 0 Å². The maximum atomic E-state index is 11.5. The third kappa shape index (κ3) is 3.74. The number of pyridine rings is 1. The van der Waals surface area contributed by atoms with E-state index >= 15 is 0 Å². The number of carbonyl (C=O) groups excluding carboxylic acids is 1. The van der Waals surface area contributed by atoms with Crippen molar-refractivity contribution in [2.24, 2.45) is 0 Å². The van der Waals surface area contributed by atoms with Gasteiger partial charge in [-0.05, 0) is 30.7 Å². The highest BCUT2D eigenvalue weighted by Gasteiger charge is 2.06. The van der Waals surface area contributed by atoms with Crippen LogP contribution in [0.1, 0.15) is 23.0 Å². The van der Waals surface area contributed by atoms with Crippen LogP contribution in [-0.2, 0) is 6.54 Å². The molecule has 0 saturated carbocycles. The lowest BCUT2D eigenvalue weighted by Crippen LogP contribution is -2.24. The Hall–Kier alpha value is -2.50. The van der Waals surface area contributed by atoms with Crippen LogP contribution in [0.2, 0.25) is 0 Å². The Morgan fingerprint density at radius 2 is 2.16 bits per heavy atom. The van der Waals surface area contributed by atoms with E-state index in [1.54, 1.807) is 24.5 Å². The summed E-state index contributed by atoms with van der Waals surface area (Å²) in [6.07, 6.45) is 3.51. The van der Waals surface area contributed by atoms with Crippen LogP contribution in [0, 0.1) is 0 Å². The zero-order chi connectivity index (χ0) is 13.5. The van der Waals surface area contributed by atoms with Gasteiger partial charge < -0.3 is 10.6 Å². The molecule has 6 heteroatoms. The molecule has 0 spiro atoms. The van der Waals surface area contributed by atoms with Gasteiger partial charge in [-0.1, -0.05) is 6.07 Å². The minimum atomic E-state index is -0.214. The van der Waals surface area contributed by atoms with Gasteiger partial charge in [0.25, 0.3) is 5.91 Å². The Balaban J connectivity index is 1.94. The molecule has 2 aromatic rings. The molecule has 0 radical (unpaired) electrons. The lowest BCUT2D eigenvalue weighted by Gasteiger charge is -2.05. The van der Waals surface area contributed by atoms with E-state index in [0.717, 1.165) is 5.56 Å². The maximum absolute atomic E-state index is 11.5. The van der Waals surface area contributed by atoms with Gasteiger partial charge in [0.05, 0.1) is 0 Å². The molecule has 0 fully saturated rings. The average molecular weight is 257 g/mol. The van der Waals surface area contributed by atoms with E-state index in [1.165, 1.54) is 0 Å². The Bertz CT molecular complexity index is 526. The van der Waals surface area contributed by atoms with Crippen molar-refractivity contribution in [3.05, 3.63) is 47.9 Å². The molecule has 0 saturated heterocycles. The van der Waals surface area contributed by atoms with Crippen molar-refractivity contribution in [2.45, 2.75) is 13.5 Å². The lowest BCUT2D eigenvalue weighted by molar-refractivity contribution is 0.0950. The highest BCUT2D eigenvalue weighted by Crippen LogP contribution is 2.05. The molecule has 2 heterocycles. The molecule has 0 atom stereocenters. The third-order valence-electron chi connectivity index (χ3n) is 2.43. The van der Waals surface area contributed by atoms with Gasteiger partial charge in [-0.25, -0.2) is 0 Å². The highest BCUT2D eigenvalue weighted by molar-refractivity contribution is 5.92. The van der Waals surface area contributed by atoms with Gasteiger partial charge in [-0.3, -0.25) is 9.78 Å². The molecule has 2 N–H and O–H groups in total. The molecule has 19 heavy (non-hydrogen) atoms. The van der Waals surface area contributed by atoms with Gasteiger partial charge in [0, 0.05) is 25.5 Å². The van der Waals surface area contributed by atoms with E-state index in [9.17, 15) is 4.79 Å². The Morgan fingerprint density at radius 1 is 1.26 bits per heavy atom. The van der Waals surface area contributed by atoms with Crippen LogP contribution in [0.5, 0.6) is 0 Å². The van der Waals surface area contributed by atoms with E-state index in [-0.39, 0.29) is 5.91 Å². The summed E-state index contributed by atoms with van der Waals surface area (Å²) in [6, 6.07) is 7.22. The van der Waals surface area contributed by atoms with Crippen molar-refractivity contribution >= 4 is 11.7 Å². The fourth-order valence-electron chi connectivity index (χ4n) is 1.49. The topological polar surface area (TPSA) is 79.8 Å². The van der Waals surface area contributed by atoms with Gasteiger partial charge in [0.1, 0.15) is 5.82 Å². The third-order valence-corrected chi connectivity index (χ3v) is 2.43. The van der Waals surface area contributed by atoms with Gasteiger partial charge in [0.2, 0.25) is 0 Å². The minimum Gasteiger partial charge on any atom is -0.364 e. The minimum absolute atomic E-state index is 0.214. The largest absolute Gasteiger partial charge is 0.364 e. The van der Waals surface area contributed by atoms with Crippen molar-refractivity contribution in [3.8, 4) is 0 Å². The summed E-state index contributed by atoms with van der Waals surface area (Å²) in [5, 5.41) is 13.6. The Labute approximate surface area is 111 Å². The van der Waals surface area contributed by atoms with Gasteiger partial charge >= 0.3 is 0 Å². The molecule has 0 aromatic carbocycles. The van der Waals surface area contributed by atoms with Crippen LogP contribution in [0.4, 0.5) is 5.82 Å². The van der Waals surface area contributed by atoms with Crippen molar-refractivity contribution in [1.82, 2.24) is 20.5 Å². The van der Waals surface area contributed by atoms with Crippen LogP contribution in [0.25, 0.3) is 0 Å². The van der Waals surface area contributed by atoms with Crippen LogP contribution in [-0.4, -0.2) is 27.6 Å². The second-order valence-electron chi connectivity index (χ2n) is 3.88. The summed E-state index contributed by atoms with van der Waals surface area (Å²) in [6.45, 7) is 3.04. The van der Waals surface area contributed by atoms with Crippen LogP contribution in [0.15, 0.2) is 36.7 Å². The Kier molecular flexibility index (Phi) is 4.39. The molecule has 0 bridgehead atoms. The van der Waals surface area contributed by atoms with Crippen LogP contribution >= 0.6 is 0 Å². The quantitative estimate of drug-likeness (QED) is 0.842. The second kappa shape index (κ2) is 6.44. The van der Waals surface area contributed by atoms with Gasteiger partial charge in [0.15, 0.2) is 5.69 Å². The summed E-state index contributed by atoms with van der Waals surface area (Å²) in [5.41, 5.74) is 1.37. The van der Waals surface area contributed by atoms with Crippen LogP contribution < -0.4 is 10.6 Å². The normalized spacial score (nSPS) is 9.95. The van der Waals surface area contributed by atoms with Crippen molar-refractivity contribution < 1.29 is 4.79 Å². The fourth-order valence-corrected chi connectivity index (χ4v) is 1.49. The summed E-state index contributed by atoms with van der Waals surface area (Å²) in [4.78, 5) is 15.5. The molecule has 0 aliphatic carbocycles. The maximum Gasteiger partial charge on any atom is 0.271 e. The van der Waals surface area contributed by atoms with Crippen LogP contribution in [0.3, 0.4) is 0 Å². The molecule has 2 rings (SSSR count). The van der Waals surface area contributed by atoms with E-state index in [0.29, 0.717) is 24.6 Å². The average Bonchev–Trinajstić information content (AvgIpc) is 2.47. The fraction of sp³-hybridized carbons (Fsp3) is 0.231. The molecule has 6 nitrogen and oxygen atoms in total. The molecular weight excluding hydrogens is 242 g/mol. The molecule has 0 unspecified atom stereocenters. The lowest BCUT2D eigenvalue weighted by atomic mass is 10.3. The van der Waals surface area contributed by atoms with Crippen molar-refractivity contribution in [1.29, 1.82) is 0 Å². The van der Waals surface area contributed by atoms with E-state index < -0.39 is 0 Å². The van der Waals surface area contributed by atoms with E-state index in [2.05, 4.69) is 25.8 Å². The summed E-state index contributed by atoms with van der Waals surface area (Å²) >= 11 is 0. The van der Waals surface area contributed by atoms with Crippen molar-refractivity contribution in [2.75, 3.05) is 11.9 Å². The number of nitrogens with zero attached hydrogens (tertiary/aromatic N) is 3. The molecule has 0 aliphatic rings. The predicted molar refractivity (Wildman–Crippen MR) is 71.6 cm³/mol. The highest BCUT2D eigenvalue weighted by atomic mass is 16.1. The number of amides is 1. The zero-order valence-corrected chi connectivity index (χ0v) is 10.6. The predicted octanol–water partition coefficient (Wildman–Crippen LogP) is 1.23. The molecule has 98 valence electrons. The summed E-state index contributed by atoms with van der Waals surface area (Å²) < 4.78 is 0. The monoisotopic (exact) mass is 257 g/mol. The zero-order valence-electron chi connectivity index (χ0n) is 10.6. The number of rotatable bonds is 5. The second-order valence-corrected chi connectivity index (χ2v) is 3.88. The molecule has 0 aliphatic heterocycles. The SMILES string of the molecule is CCNC(=O)c1ccc(NCc2cccnc2)nn1. The summed E-state index contributed by atoms with van der Waals surface area (Å²) in [5.74, 6) is 0.408. The number of hydrogen-bond acceptors (Lipinski definition) is 5. The number of anilines is 1. The first kappa shape index (κ1) is 12.9. The standard InChI is InChI=1S/C13H15N5O/c1-2-15-13(19)11-5-6-12(18-17-11)16-9-10-4-3-7-14-8-10/h3-8H,2,9H2,1H3,(H,15,19)(H,16,18). The number of carbonyl (C=O) groups is 1. The molecule has 2 aromatic heterocycles. The molecular formula is C13H15N5O.